The van der Waals surface area contributed by atoms with Crippen LogP contribution in [-0.2, 0) is 14.3 Å². The van der Waals surface area contributed by atoms with Crippen LogP contribution in [0, 0.1) is 0 Å². The van der Waals surface area contributed by atoms with Gasteiger partial charge in [-0.3, -0.25) is 9.59 Å². The van der Waals surface area contributed by atoms with E-state index in [-0.39, 0.29) is 18.4 Å². The van der Waals surface area contributed by atoms with Gasteiger partial charge in [0.1, 0.15) is 6.61 Å². The summed E-state index contributed by atoms with van der Waals surface area (Å²) in [5.41, 5.74) is 4.60. The van der Waals surface area contributed by atoms with Crippen molar-refractivity contribution in [2.75, 3.05) is 24.4 Å². The van der Waals surface area contributed by atoms with Gasteiger partial charge in [-0.1, -0.05) is 54.6 Å². The van der Waals surface area contributed by atoms with Crippen molar-refractivity contribution in [2.24, 2.45) is 0 Å². The molecule has 7 heteroatoms. The molecule has 2 N–H and O–H groups in total. The number of carbonyl (C=O) groups is 2. The summed E-state index contributed by atoms with van der Waals surface area (Å²) >= 11 is 0. The van der Waals surface area contributed by atoms with Crippen molar-refractivity contribution in [3.05, 3.63) is 103 Å². The number of para-hydroxylation sites is 1. The monoisotopic (exact) mass is 452 g/mol. The van der Waals surface area contributed by atoms with Gasteiger partial charge in [0.25, 0.3) is 0 Å². The van der Waals surface area contributed by atoms with E-state index in [1.54, 1.807) is 35.0 Å². The standard InChI is InChI=1S/C27H24N4O3/c1-34-19-26(33)29-23-12-8-11-22(17-23)28-25(32)16-15-21-18-31(24-13-6-3-7-14-24)30-27(21)20-9-4-2-5-10-20/h2-18H,19H2,1H3,(H,28,32)(H,29,33)/b16-15+. The average molecular weight is 453 g/mol. The minimum Gasteiger partial charge on any atom is -0.375 e. The SMILES string of the molecule is COCC(=O)Nc1cccc(NC(=O)/C=C/c2cn(-c3ccccc3)nc2-c2ccccc2)c1. The number of methoxy groups -OCH3 is 1. The van der Waals surface area contributed by atoms with E-state index >= 15 is 0 Å². The molecule has 170 valence electrons. The van der Waals surface area contributed by atoms with Crippen molar-refractivity contribution in [3.8, 4) is 16.9 Å². The van der Waals surface area contributed by atoms with E-state index in [9.17, 15) is 9.59 Å². The summed E-state index contributed by atoms with van der Waals surface area (Å²) < 4.78 is 6.62. The van der Waals surface area contributed by atoms with Gasteiger partial charge in [-0.25, -0.2) is 4.68 Å². The summed E-state index contributed by atoms with van der Waals surface area (Å²) in [5.74, 6) is -0.568. The number of hydrogen-bond acceptors (Lipinski definition) is 4. The molecule has 7 nitrogen and oxygen atoms in total. The van der Waals surface area contributed by atoms with Gasteiger partial charge in [-0.15, -0.1) is 0 Å². The molecule has 0 spiro atoms. The highest BCUT2D eigenvalue weighted by molar-refractivity contribution is 6.03. The van der Waals surface area contributed by atoms with Crippen molar-refractivity contribution in [1.29, 1.82) is 0 Å². The van der Waals surface area contributed by atoms with Crippen molar-refractivity contribution in [2.45, 2.75) is 0 Å². The van der Waals surface area contributed by atoms with Crippen molar-refractivity contribution < 1.29 is 14.3 Å². The summed E-state index contributed by atoms with van der Waals surface area (Å²) in [4.78, 5) is 24.3. The summed E-state index contributed by atoms with van der Waals surface area (Å²) in [5, 5.41) is 10.3. The van der Waals surface area contributed by atoms with Gasteiger partial charge >= 0.3 is 0 Å². The van der Waals surface area contributed by atoms with E-state index in [1.165, 1.54) is 13.2 Å². The number of rotatable bonds is 8. The fourth-order valence-corrected chi connectivity index (χ4v) is 3.39. The molecule has 0 unspecified atom stereocenters. The van der Waals surface area contributed by atoms with Crippen LogP contribution in [0.5, 0.6) is 0 Å². The van der Waals surface area contributed by atoms with E-state index in [0.29, 0.717) is 11.4 Å². The van der Waals surface area contributed by atoms with Crippen molar-refractivity contribution in [3.63, 3.8) is 0 Å². The van der Waals surface area contributed by atoms with Crippen LogP contribution < -0.4 is 10.6 Å². The third-order valence-corrected chi connectivity index (χ3v) is 4.91. The Balaban J connectivity index is 1.53. The number of ether oxygens (including phenoxy) is 1. The zero-order valence-electron chi connectivity index (χ0n) is 18.6. The fourth-order valence-electron chi connectivity index (χ4n) is 3.39. The highest BCUT2D eigenvalue weighted by atomic mass is 16.5. The van der Waals surface area contributed by atoms with E-state index in [1.807, 2.05) is 66.9 Å². The molecule has 0 aliphatic heterocycles. The lowest BCUT2D eigenvalue weighted by molar-refractivity contribution is -0.119. The highest BCUT2D eigenvalue weighted by Crippen LogP contribution is 2.25. The number of hydrogen-bond donors (Lipinski definition) is 2. The summed E-state index contributed by atoms with van der Waals surface area (Å²) in [7, 11) is 1.45. The average Bonchev–Trinajstić information content (AvgIpc) is 3.29. The van der Waals surface area contributed by atoms with Gasteiger partial charge in [0.05, 0.1) is 11.4 Å². The normalized spacial score (nSPS) is 10.9. The number of nitrogens with zero attached hydrogens (tertiary/aromatic N) is 2. The predicted molar refractivity (Wildman–Crippen MR) is 134 cm³/mol. The molecule has 2 amide bonds. The quantitative estimate of drug-likeness (QED) is 0.377. The van der Waals surface area contributed by atoms with Crippen LogP contribution in [-0.4, -0.2) is 35.3 Å². The topological polar surface area (TPSA) is 85.3 Å². The van der Waals surface area contributed by atoms with Crippen LogP contribution in [0.25, 0.3) is 23.0 Å². The third-order valence-electron chi connectivity index (χ3n) is 4.91. The first-order valence-corrected chi connectivity index (χ1v) is 10.7. The maximum Gasteiger partial charge on any atom is 0.250 e. The second kappa shape index (κ2) is 10.9. The van der Waals surface area contributed by atoms with Gasteiger partial charge in [0, 0.05) is 41.9 Å². The van der Waals surface area contributed by atoms with Gasteiger partial charge in [-0.2, -0.15) is 5.10 Å². The summed E-state index contributed by atoms with van der Waals surface area (Å²) in [6, 6.07) is 26.6. The number of anilines is 2. The molecule has 0 saturated heterocycles. The maximum atomic E-state index is 12.6. The lowest BCUT2D eigenvalue weighted by Crippen LogP contribution is -2.17. The Morgan fingerprint density at radius 2 is 1.59 bits per heavy atom. The van der Waals surface area contributed by atoms with Crippen molar-refractivity contribution >= 4 is 29.3 Å². The minimum absolute atomic E-state index is 0.0419. The molecule has 1 aromatic heterocycles. The number of amides is 2. The maximum absolute atomic E-state index is 12.6. The smallest absolute Gasteiger partial charge is 0.250 e. The van der Waals surface area contributed by atoms with Crippen LogP contribution in [0.1, 0.15) is 5.56 Å². The van der Waals surface area contributed by atoms with Gasteiger partial charge < -0.3 is 15.4 Å². The first-order valence-electron chi connectivity index (χ1n) is 10.7. The van der Waals surface area contributed by atoms with Gasteiger partial charge in [0.2, 0.25) is 11.8 Å². The predicted octanol–water partition coefficient (Wildman–Crippen LogP) is 4.78. The molecule has 0 aliphatic carbocycles. The molecule has 0 radical (unpaired) electrons. The van der Waals surface area contributed by atoms with E-state index in [4.69, 9.17) is 9.84 Å². The van der Waals surface area contributed by atoms with Crippen LogP contribution >= 0.6 is 0 Å². The molecule has 4 aromatic rings. The van der Waals surface area contributed by atoms with Gasteiger partial charge in [0.15, 0.2) is 0 Å². The Morgan fingerprint density at radius 1 is 0.912 bits per heavy atom. The summed E-state index contributed by atoms with van der Waals surface area (Å²) in [6.45, 7) is -0.0419. The largest absolute Gasteiger partial charge is 0.375 e. The number of benzene rings is 3. The lowest BCUT2D eigenvalue weighted by atomic mass is 10.1. The third kappa shape index (κ3) is 5.85. The number of aromatic nitrogens is 2. The Morgan fingerprint density at radius 3 is 2.29 bits per heavy atom. The number of nitrogens with one attached hydrogen (secondary N) is 2. The zero-order valence-corrected chi connectivity index (χ0v) is 18.6. The fraction of sp³-hybridized carbons (Fsp3) is 0.0741. The van der Waals surface area contributed by atoms with E-state index in [0.717, 1.165) is 22.5 Å². The molecule has 34 heavy (non-hydrogen) atoms. The molecule has 0 atom stereocenters. The first kappa shape index (κ1) is 22.7. The second-order valence-corrected chi connectivity index (χ2v) is 7.46. The van der Waals surface area contributed by atoms with Crippen LogP contribution in [0.4, 0.5) is 11.4 Å². The Bertz CT molecular complexity index is 1300. The molecule has 4 rings (SSSR count). The summed E-state index contributed by atoms with van der Waals surface area (Å²) in [6.07, 6.45) is 5.11. The minimum atomic E-state index is -0.299. The molecule has 3 aromatic carbocycles. The van der Waals surface area contributed by atoms with Crippen LogP contribution in [0.15, 0.2) is 97.2 Å². The van der Waals surface area contributed by atoms with Crippen LogP contribution in [0.3, 0.4) is 0 Å². The lowest BCUT2D eigenvalue weighted by Gasteiger charge is -2.07. The molecule has 0 bridgehead atoms. The molecule has 0 saturated carbocycles. The van der Waals surface area contributed by atoms with Crippen LogP contribution in [0.2, 0.25) is 0 Å². The molecule has 0 fully saturated rings. The van der Waals surface area contributed by atoms with Crippen molar-refractivity contribution in [1.82, 2.24) is 9.78 Å². The molecule has 0 aliphatic rings. The zero-order chi connectivity index (χ0) is 23.8. The van der Waals surface area contributed by atoms with Gasteiger partial charge in [-0.05, 0) is 36.4 Å². The Labute approximate surface area is 197 Å². The highest BCUT2D eigenvalue weighted by Gasteiger charge is 2.11. The molecular weight excluding hydrogens is 428 g/mol. The van der Waals surface area contributed by atoms with E-state index < -0.39 is 0 Å². The number of carbonyl (C=O) groups excluding carboxylic acids is 2. The van der Waals surface area contributed by atoms with E-state index in [2.05, 4.69) is 10.6 Å². The molecular formula is C27H24N4O3. The Kier molecular flexibility index (Phi) is 7.27. The first-order chi connectivity index (χ1) is 16.6. The second-order valence-electron chi connectivity index (χ2n) is 7.46. The Hall–Kier alpha value is -4.49. The molecule has 1 heterocycles.